The molecule has 5 nitrogen and oxygen atoms in total. The summed E-state index contributed by atoms with van der Waals surface area (Å²) >= 11 is 0. The first-order valence-corrected chi connectivity index (χ1v) is 7.26. The van der Waals surface area contributed by atoms with Crippen molar-refractivity contribution in [2.45, 2.75) is 45.1 Å². The summed E-state index contributed by atoms with van der Waals surface area (Å²) in [5, 5.41) is 9.15. The number of piperidine rings is 1. The number of hydrogen-bond donors (Lipinski definition) is 1. The van der Waals surface area contributed by atoms with Crippen LogP contribution in [0.2, 0.25) is 0 Å². The van der Waals surface area contributed by atoms with E-state index in [1.165, 1.54) is 0 Å². The normalized spacial score (nSPS) is 28.6. The molecular weight excluding hydrogens is 246 g/mol. The van der Waals surface area contributed by atoms with E-state index in [0.717, 1.165) is 25.7 Å². The Bertz CT molecular complexity index is 336. The van der Waals surface area contributed by atoms with Crippen LogP contribution in [-0.2, 0) is 14.3 Å². The summed E-state index contributed by atoms with van der Waals surface area (Å²) in [6, 6.07) is 0. The molecule has 0 radical (unpaired) electrons. The van der Waals surface area contributed by atoms with E-state index >= 15 is 0 Å². The number of carboxylic acids is 1. The molecule has 1 saturated heterocycles. The molecule has 1 heterocycles. The summed E-state index contributed by atoms with van der Waals surface area (Å²) in [6.45, 7) is 4.09. The van der Waals surface area contributed by atoms with Gasteiger partial charge in [0.25, 0.3) is 0 Å². The molecule has 2 aliphatic rings. The number of ether oxygens (including phenoxy) is 1. The van der Waals surface area contributed by atoms with Crippen LogP contribution in [0.4, 0.5) is 0 Å². The van der Waals surface area contributed by atoms with Crippen molar-refractivity contribution >= 4 is 11.9 Å². The summed E-state index contributed by atoms with van der Waals surface area (Å²) in [6.07, 6.45) is 4.20. The molecule has 0 spiro atoms. The predicted octanol–water partition coefficient (Wildman–Crippen LogP) is 1.51. The Hall–Kier alpha value is -1.10. The Labute approximate surface area is 113 Å². The van der Waals surface area contributed by atoms with Gasteiger partial charge in [-0.1, -0.05) is 6.42 Å². The highest BCUT2D eigenvalue weighted by Gasteiger charge is 2.40. The topological polar surface area (TPSA) is 66.8 Å². The van der Waals surface area contributed by atoms with Crippen LogP contribution in [0.5, 0.6) is 0 Å². The lowest BCUT2D eigenvalue weighted by atomic mass is 9.93. The van der Waals surface area contributed by atoms with Crippen molar-refractivity contribution in [3.63, 3.8) is 0 Å². The van der Waals surface area contributed by atoms with Gasteiger partial charge in [-0.3, -0.25) is 9.59 Å². The van der Waals surface area contributed by atoms with Crippen molar-refractivity contribution in [1.82, 2.24) is 4.90 Å². The minimum absolute atomic E-state index is 0.0415. The highest BCUT2D eigenvalue weighted by molar-refractivity contribution is 5.85. The van der Waals surface area contributed by atoms with Gasteiger partial charge in [0, 0.05) is 19.7 Å². The number of amides is 1. The van der Waals surface area contributed by atoms with E-state index in [1.54, 1.807) is 0 Å². The standard InChI is InChI=1S/C14H23NO4/c1-2-19-10-6-8-15(9-7-10)13(16)11-4-3-5-12(11)14(17)18/h10-12H,2-9H2,1H3,(H,17,18). The molecule has 0 aromatic heterocycles. The van der Waals surface area contributed by atoms with Crippen molar-refractivity contribution < 1.29 is 19.4 Å². The molecular formula is C14H23NO4. The van der Waals surface area contributed by atoms with Crippen LogP contribution in [-0.4, -0.2) is 47.7 Å². The molecule has 1 N–H and O–H groups in total. The Balaban J connectivity index is 1.89. The lowest BCUT2D eigenvalue weighted by Gasteiger charge is -2.34. The number of hydrogen-bond acceptors (Lipinski definition) is 3. The number of carboxylic acid groups (broad SMARTS) is 1. The Morgan fingerprint density at radius 2 is 1.79 bits per heavy atom. The van der Waals surface area contributed by atoms with Crippen LogP contribution >= 0.6 is 0 Å². The number of likely N-dealkylation sites (tertiary alicyclic amines) is 1. The molecule has 108 valence electrons. The molecule has 0 aromatic rings. The highest BCUT2D eigenvalue weighted by Crippen LogP contribution is 2.34. The maximum Gasteiger partial charge on any atom is 0.307 e. The summed E-state index contributed by atoms with van der Waals surface area (Å²) in [7, 11) is 0. The van der Waals surface area contributed by atoms with Gasteiger partial charge in [0.2, 0.25) is 5.91 Å². The smallest absolute Gasteiger partial charge is 0.307 e. The second-order valence-corrected chi connectivity index (χ2v) is 5.46. The third-order valence-corrected chi connectivity index (χ3v) is 4.31. The van der Waals surface area contributed by atoms with Gasteiger partial charge in [-0.15, -0.1) is 0 Å². The number of carbonyl (C=O) groups excluding carboxylic acids is 1. The van der Waals surface area contributed by atoms with Crippen LogP contribution in [0.3, 0.4) is 0 Å². The second kappa shape index (κ2) is 6.37. The number of rotatable bonds is 4. The van der Waals surface area contributed by atoms with E-state index in [0.29, 0.717) is 26.1 Å². The number of carbonyl (C=O) groups is 2. The van der Waals surface area contributed by atoms with Gasteiger partial charge >= 0.3 is 5.97 Å². The monoisotopic (exact) mass is 269 g/mol. The minimum atomic E-state index is -0.819. The zero-order chi connectivity index (χ0) is 13.8. The van der Waals surface area contributed by atoms with Gasteiger partial charge in [-0.25, -0.2) is 0 Å². The molecule has 1 aliphatic carbocycles. The van der Waals surface area contributed by atoms with E-state index < -0.39 is 11.9 Å². The summed E-state index contributed by atoms with van der Waals surface area (Å²) < 4.78 is 5.56. The molecule has 2 unspecified atom stereocenters. The number of aliphatic carboxylic acids is 1. The summed E-state index contributed by atoms with van der Waals surface area (Å²) in [5.41, 5.74) is 0. The van der Waals surface area contributed by atoms with E-state index in [-0.39, 0.29) is 17.9 Å². The van der Waals surface area contributed by atoms with Gasteiger partial charge in [0.15, 0.2) is 0 Å². The summed E-state index contributed by atoms with van der Waals surface area (Å²) in [4.78, 5) is 25.4. The van der Waals surface area contributed by atoms with Crippen molar-refractivity contribution in [2.75, 3.05) is 19.7 Å². The van der Waals surface area contributed by atoms with E-state index in [2.05, 4.69) is 0 Å². The predicted molar refractivity (Wildman–Crippen MR) is 69.7 cm³/mol. The van der Waals surface area contributed by atoms with Crippen LogP contribution in [0, 0.1) is 11.8 Å². The molecule has 5 heteroatoms. The first-order chi connectivity index (χ1) is 9.13. The fourth-order valence-corrected chi connectivity index (χ4v) is 3.26. The van der Waals surface area contributed by atoms with Crippen LogP contribution in [0.15, 0.2) is 0 Å². The maximum absolute atomic E-state index is 12.4. The van der Waals surface area contributed by atoms with Crippen LogP contribution in [0.25, 0.3) is 0 Å². The van der Waals surface area contributed by atoms with Crippen molar-refractivity contribution in [3.8, 4) is 0 Å². The van der Waals surface area contributed by atoms with E-state index in [9.17, 15) is 9.59 Å². The van der Waals surface area contributed by atoms with Gasteiger partial charge in [-0.05, 0) is 32.6 Å². The zero-order valence-electron chi connectivity index (χ0n) is 11.5. The quantitative estimate of drug-likeness (QED) is 0.840. The minimum Gasteiger partial charge on any atom is -0.481 e. The molecule has 2 rings (SSSR count). The van der Waals surface area contributed by atoms with Crippen LogP contribution in [0.1, 0.15) is 39.0 Å². The van der Waals surface area contributed by atoms with Crippen molar-refractivity contribution in [2.24, 2.45) is 11.8 Å². The molecule has 19 heavy (non-hydrogen) atoms. The Morgan fingerprint density at radius 1 is 1.16 bits per heavy atom. The maximum atomic E-state index is 12.4. The zero-order valence-corrected chi connectivity index (χ0v) is 11.5. The van der Waals surface area contributed by atoms with Gasteiger partial charge in [-0.2, -0.15) is 0 Å². The molecule has 1 amide bonds. The highest BCUT2D eigenvalue weighted by atomic mass is 16.5. The average molecular weight is 269 g/mol. The van der Waals surface area contributed by atoms with Crippen molar-refractivity contribution in [3.05, 3.63) is 0 Å². The summed E-state index contributed by atoms with van der Waals surface area (Å²) in [5.74, 6) is -1.56. The lowest BCUT2D eigenvalue weighted by molar-refractivity contribution is -0.150. The van der Waals surface area contributed by atoms with Gasteiger partial charge in [0.05, 0.1) is 17.9 Å². The fourth-order valence-electron chi connectivity index (χ4n) is 3.26. The molecule has 0 bridgehead atoms. The Morgan fingerprint density at radius 3 is 2.37 bits per heavy atom. The van der Waals surface area contributed by atoms with Crippen molar-refractivity contribution in [1.29, 1.82) is 0 Å². The SMILES string of the molecule is CCOC1CCN(C(=O)C2CCCC2C(=O)O)CC1. The average Bonchev–Trinajstić information content (AvgIpc) is 2.88. The fraction of sp³-hybridized carbons (Fsp3) is 0.857. The third-order valence-electron chi connectivity index (χ3n) is 4.31. The molecule has 2 fully saturated rings. The molecule has 1 aliphatic heterocycles. The Kier molecular flexibility index (Phi) is 4.80. The van der Waals surface area contributed by atoms with Crippen LogP contribution < -0.4 is 0 Å². The van der Waals surface area contributed by atoms with E-state index in [4.69, 9.17) is 9.84 Å². The largest absolute Gasteiger partial charge is 0.481 e. The lowest BCUT2D eigenvalue weighted by Crippen LogP contribution is -2.45. The first-order valence-electron chi connectivity index (χ1n) is 7.26. The van der Waals surface area contributed by atoms with E-state index in [1.807, 2.05) is 11.8 Å². The second-order valence-electron chi connectivity index (χ2n) is 5.46. The molecule has 0 aromatic carbocycles. The van der Waals surface area contributed by atoms with Gasteiger partial charge in [0.1, 0.15) is 0 Å². The first kappa shape index (κ1) is 14.3. The van der Waals surface area contributed by atoms with Gasteiger partial charge < -0.3 is 14.7 Å². The third kappa shape index (κ3) is 3.26. The molecule has 2 atom stereocenters. The molecule has 1 saturated carbocycles. The number of nitrogens with zero attached hydrogens (tertiary/aromatic N) is 1.